The summed E-state index contributed by atoms with van der Waals surface area (Å²) in [5.74, 6) is -0.302. The fourth-order valence-electron chi connectivity index (χ4n) is 12.5. The van der Waals surface area contributed by atoms with Crippen molar-refractivity contribution in [3.8, 4) is 44.5 Å². The number of hydrogen-bond acceptors (Lipinski definition) is 0. The Balaban J connectivity index is 1.24. The molecule has 0 radical (unpaired) electrons. The van der Waals surface area contributed by atoms with Gasteiger partial charge in [0.1, 0.15) is 0 Å². The fourth-order valence-corrected chi connectivity index (χ4v) is 12.5. The van der Waals surface area contributed by atoms with Gasteiger partial charge in [0.15, 0.2) is 0 Å². The van der Waals surface area contributed by atoms with E-state index in [0.717, 1.165) is 0 Å². The van der Waals surface area contributed by atoms with E-state index in [1.54, 1.807) is 0 Å². The summed E-state index contributed by atoms with van der Waals surface area (Å²) in [5.41, 5.74) is 31.1. The Kier molecular flexibility index (Phi) is 10.8. The Bertz CT molecular complexity index is 3130. The molecule has 0 saturated carbocycles. The maximum atomic E-state index is 2.61. The third-order valence-electron chi connectivity index (χ3n) is 16.0. The summed E-state index contributed by atoms with van der Waals surface area (Å²) in [7, 11) is 0. The molecule has 4 aromatic carbocycles. The molecule has 0 aromatic heterocycles. The normalized spacial score (nSPS) is 16.6. The summed E-state index contributed by atoms with van der Waals surface area (Å²) in [4.78, 5) is 0. The van der Waals surface area contributed by atoms with Gasteiger partial charge in [-0.15, -0.1) is 0 Å². The minimum absolute atomic E-state index is 0.0754. The highest BCUT2D eigenvalue weighted by Crippen LogP contribution is 2.57. The summed E-state index contributed by atoms with van der Waals surface area (Å²) in [5, 5.41) is 0. The molecule has 0 fully saturated rings. The van der Waals surface area contributed by atoms with Crippen LogP contribution in [0, 0.1) is 27.7 Å². The van der Waals surface area contributed by atoms with E-state index in [2.05, 4.69) is 270 Å². The first-order chi connectivity index (χ1) is 35.4. The molecule has 13 rings (SSSR count). The Morgan fingerprint density at radius 1 is 0.181 bits per heavy atom. The number of benzene rings is 4. The summed E-state index contributed by atoms with van der Waals surface area (Å²) in [6, 6.07) is 93.8. The minimum atomic E-state index is -0.0754. The molecule has 4 aromatic rings. The largest absolute Gasteiger partial charge is 0.0622 e. The van der Waals surface area contributed by atoms with E-state index in [1.165, 1.54) is 134 Å². The van der Waals surface area contributed by atoms with Crippen LogP contribution >= 0.6 is 0 Å². The molecule has 344 valence electrons. The molecule has 0 N–H and O–H groups in total. The van der Waals surface area contributed by atoms with Crippen LogP contribution in [0.5, 0.6) is 0 Å². The molecule has 0 saturated heterocycles. The van der Waals surface area contributed by atoms with Crippen LogP contribution < -0.4 is 0 Å². The maximum Gasteiger partial charge on any atom is 0.0352 e. The van der Waals surface area contributed by atoms with E-state index in [1.807, 2.05) is 0 Å². The van der Waals surface area contributed by atoms with Gasteiger partial charge >= 0.3 is 0 Å². The number of rotatable bonds is 4. The molecule has 9 aliphatic rings. The maximum absolute atomic E-state index is 2.61. The van der Waals surface area contributed by atoms with Gasteiger partial charge in [0.25, 0.3) is 0 Å². The van der Waals surface area contributed by atoms with Gasteiger partial charge in [-0.2, -0.15) is 0 Å². The third-order valence-corrected chi connectivity index (χ3v) is 16.0. The fraction of sp³-hybridized carbons (Fsp3) is 0.111. The second-order valence-corrected chi connectivity index (χ2v) is 20.5. The van der Waals surface area contributed by atoms with Gasteiger partial charge in [0.05, 0.1) is 0 Å². The number of hydrogen-bond donors (Lipinski definition) is 0. The molecule has 9 aliphatic carbocycles. The van der Waals surface area contributed by atoms with Crippen molar-refractivity contribution in [3.05, 3.63) is 332 Å². The van der Waals surface area contributed by atoms with Gasteiger partial charge in [-0.3, -0.25) is 0 Å². The first-order valence-corrected chi connectivity index (χ1v) is 25.7. The van der Waals surface area contributed by atoms with Gasteiger partial charge in [0.2, 0.25) is 0 Å². The quantitative estimate of drug-likeness (QED) is 0.165. The van der Waals surface area contributed by atoms with Crippen molar-refractivity contribution >= 4 is 0 Å². The molecule has 0 aliphatic heterocycles. The average Bonchev–Trinajstić information content (AvgIpc) is 3.79. The second-order valence-electron chi connectivity index (χ2n) is 20.5. The standard InChI is InChI=1S/C72H56/c1-45-25-33-49(34-26-45)69-61-41-63(55-19-11-5-9-17-53(55)61)70(50-35-27-46(2)28-36-50)65-43-67(59-23-15-7-13-21-57(59)65)72(52-39-31-48(4)32-40-52)68-44-66(58-22-14-8-16-24-60(58)68)71(51-37-29-47(3)30-38-51)64-42-62(69)54-18-10-6-12-20-56(54)64/h5-44,69-72H,1-4H3. The SMILES string of the molecule is Cc1ccc(C2c3cc(c4cccccc3-4)C(c3ccc(C)cc3)c3cc(c4cccccc3-4)C(c3ccc(C)cc3)c3cc(c4cccccc3-4)C(c3ccc(C)cc3)c3cc2c2cccccc3-2)cc1. The van der Waals surface area contributed by atoms with Gasteiger partial charge in [-0.05, 0) is 139 Å². The summed E-state index contributed by atoms with van der Waals surface area (Å²) >= 11 is 0. The zero-order valence-corrected chi connectivity index (χ0v) is 41.4. The van der Waals surface area contributed by atoms with Crippen molar-refractivity contribution < 1.29 is 0 Å². The molecule has 0 atom stereocenters. The van der Waals surface area contributed by atoms with Crippen LogP contribution in [0.4, 0.5) is 0 Å². The highest BCUT2D eigenvalue weighted by Gasteiger charge is 2.38. The van der Waals surface area contributed by atoms with Crippen LogP contribution in [0.15, 0.2) is 243 Å². The van der Waals surface area contributed by atoms with Gasteiger partial charge in [-0.25, -0.2) is 0 Å². The highest BCUT2D eigenvalue weighted by atomic mass is 14.4. The van der Waals surface area contributed by atoms with E-state index in [9.17, 15) is 0 Å². The Hall–Kier alpha value is -8.32. The van der Waals surface area contributed by atoms with Gasteiger partial charge < -0.3 is 0 Å². The lowest BCUT2D eigenvalue weighted by Crippen LogP contribution is -2.05. The summed E-state index contributed by atoms with van der Waals surface area (Å²) in [6.07, 6.45) is 0. The van der Waals surface area contributed by atoms with E-state index in [-0.39, 0.29) is 23.7 Å². The zero-order chi connectivity index (χ0) is 48.5. The van der Waals surface area contributed by atoms with Crippen molar-refractivity contribution in [2.75, 3.05) is 0 Å². The summed E-state index contributed by atoms with van der Waals surface area (Å²) < 4.78 is 0. The van der Waals surface area contributed by atoms with Crippen LogP contribution in [0.1, 0.15) is 113 Å². The first-order valence-electron chi connectivity index (χ1n) is 25.7. The second kappa shape index (κ2) is 17.8. The molecular weight excluding hydrogens is 865 g/mol. The predicted molar refractivity (Wildman–Crippen MR) is 301 cm³/mol. The molecule has 72 heavy (non-hydrogen) atoms. The molecule has 0 amide bonds. The highest BCUT2D eigenvalue weighted by molar-refractivity contribution is 5.88. The average molecular weight is 921 g/mol. The molecule has 0 heterocycles. The number of aryl methyl sites for hydroxylation is 4. The lowest BCUT2D eigenvalue weighted by Gasteiger charge is -2.21. The van der Waals surface area contributed by atoms with Crippen LogP contribution in [0.3, 0.4) is 0 Å². The molecule has 0 unspecified atom stereocenters. The van der Waals surface area contributed by atoms with Crippen molar-refractivity contribution in [2.45, 2.75) is 51.4 Å². The van der Waals surface area contributed by atoms with E-state index in [4.69, 9.17) is 0 Å². The molecule has 8 bridgehead atoms. The molecule has 0 spiro atoms. The van der Waals surface area contributed by atoms with Crippen LogP contribution in [0.25, 0.3) is 44.5 Å². The van der Waals surface area contributed by atoms with Gasteiger partial charge in [-0.1, -0.05) is 265 Å². The van der Waals surface area contributed by atoms with Gasteiger partial charge in [0, 0.05) is 23.7 Å². The molecule has 0 heteroatoms. The minimum Gasteiger partial charge on any atom is -0.0622 e. The lowest BCUT2D eigenvalue weighted by atomic mass is 9.82. The van der Waals surface area contributed by atoms with E-state index >= 15 is 0 Å². The third kappa shape index (κ3) is 7.36. The Morgan fingerprint density at radius 3 is 0.486 bits per heavy atom. The first kappa shape index (κ1) is 43.7. The van der Waals surface area contributed by atoms with E-state index < -0.39 is 0 Å². The van der Waals surface area contributed by atoms with Crippen molar-refractivity contribution in [3.63, 3.8) is 0 Å². The lowest BCUT2D eigenvalue weighted by molar-refractivity contribution is 0.954. The zero-order valence-electron chi connectivity index (χ0n) is 41.4. The molecular formula is C72H56. The van der Waals surface area contributed by atoms with Crippen molar-refractivity contribution in [1.82, 2.24) is 0 Å². The van der Waals surface area contributed by atoms with Crippen LogP contribution in [0.2, 0.25) is 0 Å². The predicted octanol–water partition coefficient (Wildman–Crippen LogP) is 18.4. The summed E-state index contributed by atoms with van der Waals surface area (Å²) in [6.45, 7) is 8.81. The monoisotopic (exact) mass is 920 g/mol. The molecule has 0 nitrogen and oxygen atoms in total. The topological polar surface area (TPSA) is 0 Å². The van der Waals surface area contributed by atoms with Crippen molar-refractivity contribution in [2.24, 2.45) is 0 Å². The van der Waals surface area contributed by atoms with E-state index in [0.29, 0.717) is 0 Å². The Morgan fingerprint density at radius 2 is 0.333 bits per heavy atom. The Labute approximate surface area is 425 Å². The van der Waals surface area contributed by atoms with Crippen LogP contribution in [-0.2, 0) is 0 Å². The smallest absolute Gasteiger partial charge is 0.0352 e. The van der Waals surface area contributed by atoms with Crippen LogP contribution in [-0.4, -0.2) is 0 Å². The van der Waals surface area contributed by atoms with Crippen molar-refractivity contribution in [1.29, 1.82) is 0 Å².